The van der Waals surface area contributed by atoms with E-state index in [4.69, 9.17) is 18.9 Å². The number of hydrogen-bond donors (Lipinski definition) is 1. The summed E-state index contributed by atoms with van der Waals surface area (Å²) >= 11 is 0. The minimum atomic E-state index is -0.743. The molecule has 40 heavy (non-hydrogen) atoms. The second kappa shape index (κ2) is 12.8. The highest BCUT2D eigenvalue weighted by Gasteiger charge is 2.48. The maximum absolute atomic E-state index is 13.3. The van der Waals surface area contributed by atoms with Crippen molar-refractivity contribution in [1.82, 2.24) is 0 Å². The van der Waals surface area contributed by atoms with E-state index in [-0.39, 0.29) is 11.9 Å². The van der Waals surface area contributed by atoms with Gasteiger partial charge in [0.1, 0.15) is 23.2 Å². The molecule has 3 aromatic carbocycles. The summed E-state index contributed by atoms with van der Waals surface area (Å²) < 4.78 is 24.6. The lowest BCUT2D eigenvalue weighted by Gasteiger charge is -2.44. The van der Waals surface area contributed by atoms with Crippen LogP contribution in [0.3, 0.4) is 0 Å². The number of anilines is 1. The predicted molar refractivity (Wildman–Crippen MR) is 157 cm³/mol. The van der Waals surface area contributed by atoms with Crippen LogP contribution in [-0.4, -0.2) is 31.4 Å². The number of rotatable bonds is 10. The highest BCUT2D eigenvalue weighted by Crippen LogP contribution is 2.45. The first-order chi connectivity index (χ1) is 19.4. The molecule has 2 atom stereocenters. The van der Waals surface area contributed by atoms with E-state index in [1.807, 2.05) is 68.4 Å². The van der Waals surface area contributed by atoms with Crippen LogP contribution in [0.5, 0.6) is 11.5 Å². The highest BCUT2D eigenvalue weighted by atomic mass is 16.6. The van der Waals surface area contributed by atoms with Crippen LogP contribution in [-0.2, 0) is 27.2 Å². The summed E-state index contributed by atoms with van der Waals surface area (Å²) in [5, 5.41) is 3.52. The third-order valence-electron chi connectivity index (χ3n) is 8.02. The fraction of sp³-hybridized carbons (Fsp3) is 0.441. The van der Waals surface area contributed by atoms with Gasteiger partial charge in [0.15, 0.2) is 6.10 Å². The largest absolute Gasteiger partial charge is 0.497 e. The molecule has 0 aromatic heterocycles. The number of hydrogen-bond acceptors (Lipinski definition) is 6. The maximum Gasteiger partial charge on any atom is 0.309 e. The van der Waals surface area contributed by atoms with Gasteiger partial charge < -0.3 is 24.3 Å². The first-order valence-electron chi connectivity index (χ1n) is 14.5. The number of nitrogens with one attached hydrogen (secondary N) is 1. The van der Waals surface area contributed by atoms with Gasteiger partial charge in [0.2, 0.25) is 0 Å². The van der Waals surface area contributed by atoms with Crippen molar-refractivity contribution in [3.8, 4) is 11.5 Å². The molecule has 5 rings (SSSR count). The van der Waals surface area contributed by atoms with Crippen molar-refractivity contribution >= 4 is 11.7 Å². The molecule has 2 aliphatic rings. The zero-order valence-electron chi connectivity index (χ0n) is 23.9. The molecular weight excluding hydrogens is 502 g/mol. The van der Waals surface area contributed by atoms with Gasteiger partial charge in [-0.1, -0.05) is 61.7 Å². The molecule has 0 spiro atoms. The van der Waals surface area contributed by atoms with E-state index in [1.165, 1.54) is 12.0 Å². The van der Waals surface area contributed by atoms with E-state index in [0.717, 1.165) is 60.4 Å². The lowest BCUT2D eigenvalue weighted by molar-refractivity contribution is -0.189. The van der Waals surface area contributed by atoms with Gasteiger partial charge in [-0.3, -0.25) is 4.79 Å². The van der Waals surface area contributed by atoms with Crippen LogP contribution in [0.2, 0.25) is 0 Å². The number of fused-ring (bicyclic) bond motifs is 1. The fourth-order valence-corrected chi connectivity index (χ4v) is 5.68. The van der Waals surface area contributed by atoms with E-state index >= 15 is 0 Å². The van der Waals surface area contributed by atoms with Gasteiger partial charge in [0, 0.05) is 17.8 Å². The minimum Gasteiger partial charge on any atom is -0.497 e. The Morgan fingerprint density at radius 3 is 2.42 bits per heavy atom. The normalized spacial score (nSPS) is 20.2. The van der Waals surface area contributed by atoms with E-state index in [1.54, 1.807) is 7.11 Å². The van der Waals surface area contributed by atoms with Crippen molar-refractivity contribution < 1.29 is 23.7 Å². The molecule has 0 amide bonds. The van der Waals surface area contributed by atoms with E-state index < -0.39 is 17.8 Å². The molecule has 1 heterocycles. The molecule has 1 aliphatic heterocycles. The van der Waals surface area contributed by atoms with Crippen molar-refractivity contribution in [2.75, 3.05) is 19.0 Å². The van der Waals surface area contributed by atoms with Crippen molar-refractivity contribution in [1.29, 1.82) is 0 Å². The lowest BCUT2D eigenvalue weighted by atomic mass is 9.86. The van der Waals surface area contributed by atoms with Gasteiger partial charge in [-0.25, -0.2) is 0 Å². The number of methoxy groups -OCH3 is 1. The summed E-state index contributed by atoms with van der Waals surface area (Å²) in [5.74, 6) is 1.42. The maximum atomic E-state index is 13.3. The molecule has 1 fully saturated rings. The highest BCUT2D eigenvalue weighted by molar-refractivity contribution is 5.73. The topological polar surface area (TPSA) is 66.0 Å². The Labute approximate surface area is 238 Å². The Balaban J connectivity index is 1.37. The van der Waals surface area contributed by atoms with Crippen molar-refractivity contribution in [2.45, 2.75) is 76.7 Å². The standard InChI is InChI=1S/C34H41NO5/c1-34(2)32(39-33(36)26-12-8-5-9-13-26)31(38-21-20-24-10-6-4-7-11-24)29-22-27(16-19-30(29)40-34)35-23-25-14-17-28(37-3)18-15-25/h4,6-7,10-11,14-19,22,26,31-32,35H,5,8-9,12-13,20-21,23H2,1-3H3. The molecule has 0 bridgehead atoms. The Hall–Kier alpha value is -3.51. The summed E-state index contributed by atoms with van der Waals surface area (Å²) in [6.07, 6.45) is 4.88. The predicted octanol–water partition coefficient (Wildman–Crippen LogP) is 7.27. The average Bonchev–Trinajstić information content (AvgIpc) is 2.98. The smallest absolute Gasteiger partial charge is 0.309 e. The molecule has 2 unspecified atom stereocenters. The second-order valence-corrected chi connectivity index (χ2v) is 11.4. The van der Waals surface area contributed by atoms with E-state index in [0.29, 0.717) is 13.2 Å². The Morgan fingerprint density at radius 2 is 1.70 bits per heavy atom. The molecule has 6 nitrogen and oxygen atoms in total. The minimum absolute atomic E-state index is 0.0478. The van der Waals surface area contributed by atoms with Gasteiger partial charge in [-0.15, -0.1) is 0 Å². The zero-order valence-corrected chi connectivity index (χ0v) is 23.9. The lowest BCUT2D eigenvalue weighted by Crippen LogP contribution is -2.52. The van der Waals surface area contributed by atoms with E-state index in [2.05, 4.69) is 23.5 Å². The molecule has 1 saturated carbocycles. The molecule has 6 heteroatoms. The number of ether oxygens (including phenoxy) is 4. The van der Waals surface area contributed by atoms with Crippen LogP contribution >= 0.6 is 0 Å². The first kappa shape index (κ1) is 28.0. The summed E-state index contributed by atoms with van der Waals surface area (Å²) in [6.45, 7) is 5.14. The van der Waals surface area contributed by atoms with Gasteiger partial charge in [-0.2, -0.15) is 0 Å². The number of carbonyl (C=O) groups is 1. The van der Waals surface area contributed by atoms with Crippen molar-refractivity contribution in [3.05, 3.63) is 89.5 Å². The number of carbonyl (C=O) groups excluding carboxylic acids is 1. The summed E-state index contributed by atoms with van der Waals surface area (Å²) in [5.41, 5.74) is 3.46. The third-order valence-corrected chi connectivity index (χ3v) is 8.02. The van der Waals surface area contributed by atoms with Crippen LogP contribution in [0.1, 0.15) is 68.7 Å². The molecule has 3 aromatic rings. The third kappa shape index (κ3) is 6.79. The molecule has 1 N–H and O–H groups in total. The summed E-state index contributed by atoms with van der Waals surface area (Å²) in [6, 6.07) is 24.4. The van der Waals surface area contributed by atoms with E-state index in [9.17, 15) is 4.79 Å². The molecular formula is C34H41NO5. The summed E-state index contributed by atoms with van der Waals surface area (Å²) in [7, 11) is 1.67. The van der Waals surface area contributed by atoms with Crippen LogP contribution in [0.15, 0.2) is 72.8 Å². The molecule has 212 valence electrons. The molecule has 1 aliphatic carbocycles. The number of benzene rings is 3. The van der Waals surface area contributed by atoms with Crippen molar-refractivity contribution in [3.63, 3.8) is 0 Å². The Morgan fingerprint density at radius 1 is 0.950 bits per heavy atom. The van der Waals surface area contributed by atoms with Gasteiger partial charge in [0.05, 0.1) is 19.6 Å². The Bertz CT molecular complexity index is 1250. The number of esters is 1. The second-order valence-electron chi connectivity index (χ2n) is 11.4. The van der Waals surface area contributed by atoms with Gasteiger partial charge >= 0.3 is 5.97 Å². The summed E-state index contributed by atoms with van der Waals surface area (Å²) in [4.78, 5) is 13.3. The molecule has 0 radical (unpaired) electrons. The first-order valence-corrected chi connectivity index (χ1v) is 14.5. The average molecular weight is 544 g/mol. The van der Waals surface area contributed by atoms with Crippen molar-refractivity contribution in [2.24, 2.45) is 5.92 Å². The Kier molecular flexibility index (Phi) is 8.95. The van der Waals surface area contributed by atoms with Crippen LogP contribution in [0.25, 0.3) is 0 Å². The monoisotopic (exact) mass is 543 g/mol. The van der Waals surface area contributed by atoms with Crippen LogP contribution < -0.4 is 14.8 Å². The van der Waals surface area contributed by atoms with Gasteiger partial charge in [0.25, 0.3) is 0 Å². The van der Waals surface area contributed by atoms with Crippen LogP contribution in [0, 0.1) is 5.92 Å². The zero-order chi connectivity index (χ0) is 28.0. The van der Waals surface area contributed by atoms with Gasteiger partial charge in [-0.05, 0) is 74.6 Å². The molecule has 0 saturated heterocycles. The van der Waals surface area contributed by atoms with Crippen LogP contribution in [0.4, 0.5) is 5.69 Å². The fourth-order valence-electron chi connectivity index (χ4n) is 5.68. The SMILES string of the molecule is COc1ccc(CNc2ccc3c(c2)C(OCCc2ccccc2)C(OC(=O)C2CCCCC2)C(C)(C)O3)cc1. The quantitative estimate of drug-likeness (QED) is 0.271.